The zero-order valence-corrected chi connectivity index (χ0v) is 18.9. The van der Waals surface area contributed by atoms with Gasteiger partial charge in [0.1, 0.15) is 6.54 Å². The van der Waals surface area contributed by atoms with Gasteiger partial charge in [-0.2, -0.15) is 0 Å². The molecule has 33 heavy (non-hydrogen) atoms. The smallest absolute Gasteiger partial charge is 0.337 e. The van der Waals surface area contributed by atoms with Crippen LogP contribution in [0.3, 0.4) is 0 Å². The largest absolute Gasteiger partial charge is 0.465 e. The van der Waals surface area contributed by atoms with Crippen LogP contribution in [0.1, 0.15) is 60.9 Å². The van der Waals surface area contributed by atoms with Gasteiger partial charge in [0.2, 0.25) is 11.8 Å². The Labute approximate surface area is 192 Å². The number of methoxy groups -OCH3 is 1. The van der Waals surface area contributed by atoms with Crippen LogP contribution in [0, 0.1) is 0 Å². The van der Waals surface area contributed by atoms with Crippen molar-refractivity contribution < 1.29 is 19.1 Å². The molecule has 1 aromatic heterocycles. The van der Waals surface area contributed by atoms with E-state index in [2.05, 4.69) is 10.6 Å². The molecule has 5 rings (SSSR count). The number of para-hydroxylation sites is 1. The van der Waals surface area contributed by atoms with E-state index in [9.17, 15) is 14.4 Å². The number of amides is 2. The van der Waals surface area contributed by atoms with Crippen molar-refractivity contribution in [1.29, 1.82) is 0 Å². The van der Waals surface area contributed by atoms with E-state index >= 15 is 0 Å². The fourth-order valence-corrected chi connectivity index (χ4v) is 5.38. The summed E-state index contributed by atoms with van der Waals surface area (Å²) in [4.78, 5) is 37.1. The molecule has 0 bridgehead atoms. The summed E-state index contributed by atoms with van der Waals surface area (Å²) in [6.07, 6.45) is 5.76. The van der Waals surface area contributed by atoms with Gasteiger partial charge in [0.15, 0.2) is 0 Å². The highest BCUT2D eigenvalue weighted by Gasteiger charge is 2.31. The molecule has 0 saturated heterocycles. The lowest BCUT2D eigenvalue weighted by Gasteiger charge is -2.24. The van der Waals surface area contributed by atoms with Crippen LogP contribution < -0.4 is 10.6 Å². The molecule has 2 amide bonds. The van der Waals surface area contributed by atoms with Gasteiger partial charge in [-0.25, -0.2) is 4.79 Å². The summed E-state index contributed by atoms with van der Waals surface area (Å²) in [6, 6.07) is 11.3. The quantitative estimate of drug-likeness (QED) is 0.552. The van der Waals surface area contributed by atoms with Gasteiger partial charge in [0.25, 0.3) is 0 Å². The predicted molar refractivity (Wildman–Crippen MR) is 127 cm³/mol. The van der Waals surface area contributed by atoms with Gasteiger partial charge in [-0.3, -0.25) is 9.59 Å². The van der Waals surface area contributed by atoms with Crippen LogP contribution in [0.5, 0.6) is 0 Å². The first kappa shape index (κ1) is 21.2. The second-order valence-electron chi connectivity index (χ2n) is 8.86. The molecule has 1 aliphatic carbocycles. The average molecular weight is 446 g/mol. The summed E-state index contributed by atoms with van der Waals surface area (Å²) in [5.74, 6) is -0.411. The van der Waals surface area contributed by atoms with E-state index in [1.54, 1.807) is 12.1 Å². The third kappa shape index (κ3) is 3.67. The second-order valence-corrected chi connectivity index (χ2v) is 8.86. The van der Waals surface area contributed by atoms with Crippen molar-refractivity contribution in [2.75, 3.05) is 17.7 Å². The topological polar surface area (TPSA) is 89.4 Å². The summed E-state index contributed by atoms with van der Waals surface area (Å²) in [5.41, 5.74) is 5.59. The lowest BCUT2D eigenvalue weighted by atomic mass is 9.81. The monoisotopic (exact) mass is 445 g/mol. The molecule has 1 saturated carbocycles. The van der Waals surface area contributed by atoms with Gasteiger partial charge >= 0.3 is 5.97 Å². The van der Waals surface area contributed by atoms with Gasteiger partial charge < -0.3 is 19.9 Å². The minimum atomic E-state index is -0.405. The molecular weight excluding hydrogens is 418 g/mol. The summed E-state index contributed by atoms with van der Waals surface area (Å²) in [6.45, 7) is 1.58. The summed E-state index contributed by atoms with van der Waals surface area (Å²) < 4.78 is 6.96. The molecule has 170 valence electrons. The van der Waals surface area contributed by atoms with E-state index < -0.39 is 5.97 Å². The summed E-state index contributed by atoms with van der Waals surface area (Å²) in [5, 5.41) is 6.92. The summed E-state index contributed by atoms with van der Waals surface area (Å²) >= 11 is 0. The maximum absolute atomic E-state index is 13.0. The predicted octanol–water partition coefficient (Wildman–Crippen LogP) is 5.05. The van der Waals surface area contributed by atoms with Crippen molar-refractivity contribution in [2.24, 2.45) is 0 Å². The average Bonchev–Trinajstić information content (AvgIpc) is 3.04. The van der Waals surface area contributed by atoms with Gasteiger partial charge in [-0.15, -0.1) is 0 Å². The Bertz CT molecular complexity index is 1280. The lowest BCUT2D eigenvalue weighted by Crippen LogP contribution is -2.18. The van der Waals surface area contributed by atoms with E-state index in [1.165, 1.54) is 38.9 Å². The van der Waals surface area contributed by atoms with Crippen molar-refractivity contribution in [1.82, 2.24) is 4.57 Å². The minimum Gasteiger partial charge on any atom is -0.465 e. The van der Waals surface area contributed by atoms with E-state index in [0.717, 1.165) is 35.0 Å². The first-order chi connectivity index (χ1) is 16.0. The van der Waals surface area contributed by atoms with Gasteiger partial charge in [0, 0.05) is 17.9 Å². The number of aromatic nitrogens is 1. The van der Waals surface area contributed by atoms with Crippen LogP contribution in [0.2, 0.25) is 0 Å². The standard InChI is InChI=1S/C26H27N3O4/c1-15(30)27-20-10-6-9-19-24(20)28-22(31)14-29-21-13-17(26(32)33-2)11-12-18(21)23(25(19)29)16-7-4-3-5-8-16/h6,9-13,16H,3-5,7-8,14H2,1-2H3,(H,27,30)(H,28,31). The molecule has 2 aliphatic rings. The van der Waals surface area contributed by atoms with Crippen molar-refractivity contribution >= 4 is 40.1 Å². The number of carbonyl (C=O) groups is 3. The molecule has 7 heteroatoms. The molecule has 2 N–H and O–H groups in total. The Balaban J connectivity index is 1.83. The molecule has 1 aliphatic heterocycles. The first-order valence-electron chi connectivity index (χ1n) is 11.4. The summed E-state index contributed by atoms with van der Waals surface area (Å²) in [7, 11) is 1.37. The minimum absolute atomic E-state index is 0.122. The number of anilines is 2. The molecule has 2 aromatic carbocycles. The first-order valence-corrected chi connectivity index (χ1v) is 11.4. The number of nitrogens with zero attached hydrogens (tertiary/aromatic N) is 1. The Hall–Kier alpha value is -3.61. The molecule has 0 unspecified atom stereocenters. The van der Waals surface area contributed by atoms with Crippen molar-refractivity contribution in [3.05, 3.63) is 47.5 Å². The molecule has 3 aromatic rings. The molecule has 0 atom stereocenters. The zero-order chi connectivity index (χ0) is 23.1. The second kappa shape index (κ2) is 8.39. The fraction of sp³-hybridized carbons (Fsp3) is 0.346. The van der Waals surface area contributed by atoms with E-state index in [0.29, 0.717) is 22.9 Å². The third-order valence-electron chi connectivity index (χ3n) is 6.73. The van der Waals surface area contributed by atoms with E-state index in [-0.39, 0.29) is 18.4 Å². The van der Waals surface area contributed by atoms with Crippen LogP contribution in [-0.4, -0.2) is 29.5 Å². The number of hydrogen-bond donors (Lipinski definition) is 2. The normalized spacial score (nSPS) is 15.9. The van der Waals surface area contributed by atoms with E-state index in [1.807, 2.05) is 28.8 Å². The Morgan fingerprint density at radius 3 is 2.64 bits per heavy atom. The number of fused-ring (bicyclic) bond motifs is 5. The highest BCUT2D eigenvalue weighted by molar-refractivity contribution is 6.08. The Morgan fingerprint density at radius 1 is 1.12 bits per heavy atom. The van der Waals surface area contributed by atoms with Gasteiger partial charge in [0.05, 0.1) is 35.3 Å². The van der Waals surface area contributed by atoms with Crippen LogP contribution in [0.4, 0.5) is 11.4 Å². The van der Waals surface area contributed by atoms with Gasteiger partial charge in [-0.1, -0.05) is 37.5 Å². The SMILES string of the molecule is COC(=O)c1ccc2c(C3CCCCC3)c3n(c2c1)CC(=O)Nc1c(NC(C)=O)cccc1-3. The van der Waals surface area contributed by atoms with Gasteiger partial charge in [-0.05, 0) is 42.5 Å². The molecule has 1 fully saturated rings. The maximum Gasteiger partial charge on any atom is 0.337 e. The van der Waals surface area contributed by atoms with Crippen molar-refractivity contribution in [3.8, 4) is 11.3 Å². The number of carbonyl (C=O) groups excluding carboxylic acids is 3. The van der Waals surface area contributed by atoms with Crippen molar-refractivity contribution in [3.63, 3.8) is 0 Å². The maximum atomic E-state index is 13.0. The number of nitrogens with one attached hydrogen (secondary N) is 2. The third-order valence-corrected chi connectivity index (χ3v) is 6.73. The molecule has 7 nitrogen and oxygen atoms in total. The number of benzene rings is 2. The highest BCUT2D eigenvalue weighted by Crippen LogP contribution is 2.48. The Morgan fingerprint density at radius 2 is 1.91 bits per heavy atom. The number of esters is 1. The zero-order valence-electron chi connectivity index (χ0n) is 18.9. The van der Waals surface area contributed by atoms with Crippen LogP contribution >= 0.6 is 0 Å². The molecule has 0 spiro atoms. The van der Waals surface area contributed by atoms with Crippen LogP contribution in [0.15, 0.2) is 36.4 Å². The number of rotatable bonds is 3. The number of hydrogen-bond acceptors (Lipinski definition) is 4. The molecule has 0 radical (unpaired) electrons. The lowest BCUT2D eigenvalue weighted by molar-refractivity contribution is -0.116. The Kier molecular flexibility index (Phi) is 5.40. The number of ether oxygens (including phenoxy) is 1. The molecule has 2 heterocycles. The van der Waals surface area contributed by atoms with Crippen molar-refractivity contribution in [2.45, 2.75) is 51.5 Å². The fourth-order valence-electron chi connectivity index (χ4n) is 5.38. The van der Waals surface area contributed by atoms with E-state index in [4.69, 9.17) is 4.74 Å². The highest BCUT2D eigenvalue weighted by atomic mass is 16.5. The van der Waals surface area contributed by atoms with Crippen LogP contribution in [-0.2, 0) is 20.9 Å². The molecular formula is C26H27N3O4. The van der Waals surface area contributed by atoms with Crippen LogP contribution in [0.25, 0.3) is 22.2 Å².